The molecule has 0 spiro atoms. The van der Waals surface area contributed by atoms with Crippen LogP contribution in [0.4, 0.5) is 5.69 Å². The number of hydrogen-bond donors (Lipinski definition) is 2. The van der Waals surface area contributed by atoms with Gasteiger partial charge in [-0.2, -0.15) is 0 Å². The van der Waals surface area contributed by atoms with Crippen molar-refractivity contribution in [3.05, 3.63) is 52.0 Å². The minimum Gasteiger partial charge on any atom is -0.493 e. The van der Waals surface area contributed by atoms with Crippen molar-refractivity contribution in [2.75, 3.05) is 45.2 Å². The third-order valence-corrected chi connectivity index (χ3v) is 6.37. The van der Waals surface area contributed by atoms with Gasteiger partial charge < -0.3 is 25.0 Å². The number of nitrogens with zero attached hydrogens (tertiary/aromatic N) is 1. The summed E-state index contributed by atoms with van der Waals surface area (Å²) in [5.41, 5.74) is 2.98. The van der Waals surface area contributed by atoms with Crippen molar-refractivity contribution in [2.45, 2.75) is 59.4 Å². The molecule has 2 aromatic carbocycles. The molecule has 0 bridgehead atoms. The zero-order valence-electron chi connectivity index (χ0n) is 21.8. The summed E-state index contributed by atoms with van der Waals surface area (Å²) in [6.45, 7) is 11.7. The van der Waals surface area contributed by atoms with Gasteiger partial charge in [-0.15, -0.1) is 0 Å². The number of carbonyl (C=O) groups is 1. The van der Waals surface area contributed by atoms with Crippen molar-refractivity contribution in [3.8, 4) is 11.5 Å². The van der Waals surface area contributed by atoms with Gasteiger partial charge in [-0.25, -0.2) is 0 Å². The lowest BCUT2D eigenvalue weighted by molar-refractivity contribution is -0.118. The van der Waals surface area contributed by atoms with Gasteiger partial charge in [0.2, 0.25) is 0 Å². The Labute approximate surface area is 219 Å². The topological polar surface area (TPSA) is 62.8 Å². The van der Waals surface area contributed by atoms with E-state index >= 15 is 0 Å². The summed E-state index contributed by atoms with van der Waals surface area (Å²) in [7, 11) is 1.61. The standard InChI is InChI=1S/C28H42BrN3O3/c1-5-7-15-32(16-8-6-2)17-9-14-30-20-23-18-25(29)28(26(19-23)34-4)35-21-27(33)31-24-12-10-22(3)11-13-24/h10-13,18-19,30H,5-9,14-17,20-21H2,1-4H3,(H,31,33). The van der Waals surface area contributed by atoms with E-state index in [1.807, 2.05) is 43.3 Å². The molecule has 2 rings (SSSR count). The van der Waals surface area contributed by atoms with E-state index in [2.05, 4.69) is 45.3 Å². The van der Waals surface area contributed by atoms with Gasteiger partial charge in [-0.1, -0.05) is 44.4 Å². The van der Waals surface area contributed by atoms with Crippen LogP contribution < -0.4 is 20.1 Å². The van der Waals surface area contributed by atoms with Crippen LogP contribution in [0.15, 0.2) is 40.9 Å². The monoisotopic (exact) mass is 547 g/mol. The Bertz CT molecular complexity index is 882. The third-order valence-electron chi connectivity index (χ3n) is 5.78. The first-order valence-electron chi connectivity index (χ1n) is 12.8. The lowest BCUT2D eigenvalue weighted by Crippen LogP contribution is -2.29. The molecule has 35 heavy (non-hydrogen) atoms. The highest BCUT2D eigenvalue weighted by Gasteiger charge is 2.14. The predicted molar refractivity (Wildman–Crippen MR) is 149 cm³/mol. The van der Waals surface area contributed by atoms with E-state index in [1.165, 1.54) is 38.8 Å². The fraction of sp³-hybridized carbons (Fsp3) is 0.536. The number of anilines is 1. The number of halogens is 1. The largest absolute Gasteiger partial charge is 0.493 e. The molecule has 0 atom stereocenters. The molecule has 0 saturated heterocycles. The highest BCUT2D eigenvalue weighted by molar-refractivity contribution is 9.10. The van der Waals surface area contributed by atoms with Crippen LogP contribution in [0.1, 0.15) is 57.1 Å². The average Bonchev–Trinajstić information content (AvgIpc) is 2.85. The minimum atomic E-state index is -0.222. The van der Waals surface area contributed by atoms with E-state index < -0.39 is 0 Å². The molecular weight excluding hydrogens is 506 g/mol. The van der Waals surface area contributed by atoms with Crippen LogP contribution in [0, 0.1) is 6.92 Å². The van der Waals surface area contributed by atoms with Crippen LogP contribution >= 0.6 is 15.9 Å². The number of ether oxygens (including phenoxy) is 2. The van der Waals surface area contributed by atoms with Gasteiger partial charge in [-0.05, 0) is 98.1 Å². The smallest absolute Gasteiger partial charge is 0.262 e. The first kappa shape index (κ1) is 29.1. The molecule has 194 valence electrons. The Morgan fingerprint density at radius 2 is 1.66 bits per heavy atom. The number of carbonyl (C=O) groups excluding carboxylic acids is 1. The first-order valence-corrected chi connectivity index (χ1v) is 13.5. The van der Waals surface area contributed by atoms with Crippen molar-refractivity contribution < 1.29 is 14.3 Å². The zero-order valence-corrected chi connectivity index (χ0v) is 23.4. The third kappa shape index (κ3) is 11.0. The maximum atomic E-state index is 12.3. The van der Waals surface area contributed by atoms with E-state index in [-0.39, 0.29) is 12.5 Å². The summed E-state index contributed by atoms with van der Waals surface area (Å²) in [6, 6.07) is 11.6. The van der Waals surface area contributed by atoms with Crippen molar-refractivity contribution >= 4 is 27.5 Å². The minimum absolute atomic E-state index is 0.104. The Kier molecular flexibility index (Phi) is 13.8. The SMILES string of the molecule is CCCCN(CCCC)CCCNCc1cc(Br)c(OCC(=O)Nc2ccc(C)cc2)c(OC)c1. The number of benzene rings is 2. The number of amides is 1. The molecule has 0 aliphatic carbocycles. The number of methoxy groups -OCH3 is 1. The van der Waals surface area contributed by atoms with Crippen LogP contribution in [0.3, 0.4) is 0 Å². The molecule has 7 heteroatoms. The van der Waals surface area contributed by atoms with Gasteiger partial charge in [0.05, 0.1) is 11.6 Å². The second-order valence-corrected chi connectivity index (χ2v) is 9.75. The molecule has 1 amide bonds. The lowest BCUT2D eigenvalue weighted by Gasteiger charge is -2.22. The molecule has 0 heterocycles. The highest BCUT2D eigenvalue weighted by Crippen LogP contribution is 2.36. The Morgan fingerprint density at radius 3 is 2.29 bits per heavy atom. The number of nitrogens with one attached hydrogen (secondary N) is 2. The molecule has 0 radical (unpaired) electrons. The van der Waals surface area contributed by atoms with E-state index in [0.29, 0.717) is 11.5 Å². The van der Waals surface area contributed by atoms with Gasteiger partial charge in [0.25, 0.3) is 5.91 Å². The van der Waals surface area contributed by atoms with Crippen LogP contribution in [0.2, 0.25) is 0 Å². The highest BCUT2D eigenvalue weighted by atomic mass is 79.9. The van der Waals surface area contributed by atoms with Crippen LogP contribution in [0.5, 0.6) is 11.5 Å². The molecule has 0 saturated carbocycles. The summed E-state index contributed by atoms with van der Waals surface area (Å²) < 4.78 is 12.1. The van der Waals surface area contributed by atoms with E-state index in [4.69, 9.17) is 9.47 Å². The van der Waals surface area contributed by atoms with Crippen LogP contribution in [0.25, 0.3) is 0 Å². The molecule has 6 nitrogen and oxygen atoms in total. The number of aryl methyl sites for hydroxylation is 1. The molecule has 0 aliphatic heterocycles. The second-order valence-electron chi connectivity index (χ2n) is 8.89. The number of hydrogen-bond acceptors (Lipinski definition) is 5. The fourth-order valence-electron chi connectivity index (χ4n) is 3.75. The van der Waals surface area contributed by atoms with Crippen molar-refractivity contribution in [1.82, 2.24) is 10.2 Å². The summed E-state index contributed by atoms with van der Waals surface area (Å²) in [5.74, 6) is 0.905. The molecular formula is C28H42BrN3O3. The lowest BCUT2D eigenvalue weighted by atomic mass is 10.2. The van der Waals surface area contributed by atoms with Crippen LogP contribution in [-0.2, 0) is 11.3 Å². The quantitative estimate of drug-likeness (QED) is 0.232. The second kappa shape index (κ2) is 16.6. The molecule has 0 fully saturated rings. The van der Waals surface area contributed by atoms with E-state index in [1.54, 1.807) is 7.11 Å². The van der Waals surface area contributed by atoms with Crippen molar-refractivity contribution in [2.24, 2.45) is 0 Å². The summed E-state index contributed by atoms with van der Waals surface area (Å²) in [5, 5.41) is 6.38. The van der Waals surface area contributed by atoms with Crippen molar-refractivity contribution in [3.63, 3.8) is 0 Å². The number of unbranched alkanes of at least 4 members (excludes halogenated alkanes) is 2. The molecule has 0 aromatic heterocycles. The summed E-state index contributed by atoms with van der Waals surface area (Å²) >= 11 is 3.58. The summed E-state index contributed by atoms with van der Waals surface area (Å²) in [6.07, 6.45) is 6.16. The van der Waals surface area contributed by atoms with Crippen molar-refractivity contribution in [1.29, 1.82) is 0 Å². The predicted octanol–water partition coefficient (Wildman–Crippen LogP) is 6.17. The molecule has 2 N–H and O–H groups in total. The van der Waals surface area contributed by atoms with Gasteiger partial charge >= 0.3 is 0 Å². The maximum absolute atomic E-state index is 12.3. The number of rotatable bonds is 17. The molecule has 2 aromatic rings. The normalized spacial score (nSPS) is 11.0. The van der Waals surface area contributed by atoms with Gasteiger partial charge in [0, 0.05) is 12.2 Å². The van der Waals surface area contributed by atoms with Gasteiger partial charge in [-0.3, -0.25) is 4.79 Å². The van der Waals surface area contributed by atoms with E-state index in [9.17, 15) is 4.79 Å². The fourth-order valence-corrected chi connectivity index (χ4v) is 4.35. The van der Waals surface area contributed by atoms with Gasteiger partial charge in [0.15, 0.2) is 18.1 Å². The average molecular weight is 549 g/mol. The maximum Gasteiger partial charge on any atom is 0.262 e. The Morgan fingerprint density at radius 1 is 1.00 bits per heavy atom. The van der Waals surface area contributed by atoms with Crippen LogP contribution in [-0.4, -0.2) is 50.7 Å². The van der Waals surface area contributed by atoms with E-state index in [0.717, 1.165) is 47.3 Å². The molecule has 0 unspecified atom stereocenters. The first-order chi connectivity index (χ1) is 17.0. The summed E-state index contributed by atoms with van der Waals surface area (Å²) in [4.78, 5) is 14.9. The van der Waals surface area contributed by atoms with Gasteiger partial charge in [0.1, 0.15) is 0 Å². The Balaban J connectivity index is 1.82. The zero-order chi connectivity index (χ0) is 25.5. The Hall–Kier alpha value is -2.09. The molecule has 0 aliphatic rings.